The number of hydrogen-bond acceptors (Lipinski definition) is 6. The second-order valence-electron chi connectivity index (χ2n) is 5.71. The topological polar surface area (TPSA) is 92.1 Å². The molecule has 1 aromatic heterocycles. The maximum absolute atomic E-state index is 12.5. The highest BCUT2D eigenvalue weighted by Crippen LogP contribution is 2.28. The molecule has 0 atom stereocenters. The van der Waals surface area contributed by atoms with Crippen LogP contribution in [0.5, 0.6) is 0 Å². The SMILES string of the molecule is Cc1nc(-c2ccccc2)c(C(=O)OCC(=O)Nc2ccc(C#N)c(Cl)c2)s1. The van der Waals surface area contributed by atoms with Crippen molar-refractivity contribution in [2.24, 2.45) is 0 Å². The van der Waals surface area contributed by atoms with Gasteiger partial charge < -0.3 is 10.1 Å². The van der Waals surface area contributed by atoms with Crippen molar-refractivity contribution in [3.63, 3.8) is 0 Å². The van der Waals surface area contributed by atoms with Crippen molar-refractivity contribution in [1.29, 1.82) is 5.26 Å². The van der Waals surface area contributed by atoms with E-state index < -0.39 is 18.5 Å². The van der Waals surface area contributed by atoms with Crippen molar-refractivity contribution in [3.8, 4) is 17.3 Å². The number of nitrogens with one attached hydrogen (secondary N) is 1. The molecule has 1 amide bonds. The van der Waals surface area contributed by atoms with Gasteiger partial charge in [0.25, 0.3) is 5.91 Å². The van der Waals surface area contributed by atoms with Crippen molar-refractivity contribution in [2.75, 3.05) is 11.9 Å². The number of anilines is 1. The van der Waals surface area contributed by atoms with Crippen LogP contribution in [0, 0.1) is 18.3 Å². The molecule has 1 heterocycles. The van der Waals surface area contributed by atoms with Crippen molar-refractivity contribution >= 4 is 40.5 Å². The Morgan fingerprint density at radius 2 is 2.00 bits per heavy atom. The summed E-state index contributed by atoms with van der Waals surface area (Å²) in [5.74, 6) is -1.13. The van der Waals surface area contributed by atoms with Gasteiger partial charge in [0.2, 0.25) is 0 Å². The highest BCUT2D eigenvalue weighted by Gasteiger charge is 2.20. The number of benzene rings is 2. The maximum Gasteiger partial charge on any atom is 0.351 e. The summed E-state index contributed by atoms with van der Waals surface area (Å²) in [7, 11) is 0. The van der Waals surface area contributed by atoms with Crippen LogP contribution in [0.3, 0.4) is 0 Å². The van der Waals surface area contributed by atoms with E-state index >= 15 is 0 Å². The summed E-state index contributed by atoms with van der Waals surface area (Å²) < 4.78 is 5.15. The largest absolute Gasteiger partial charge is 0.451 e. The van der Waals surface area contributed by atoms with Crippen molar-refractivity contribution in [3.05, 3.63) is 69.0 Å². The molecule has 0 aliphatic heterocycles. The van der Waals surface area contributed by atoms with Crippen LogP contribution in [0.4, 0.5) is 5.69 Å². The highest BCUT2D eigenvalue weighted by molar-refractivity contribution is 7.14. The third-order valence-electron chi connectivity index (χ3n) is 3.67. The fraction of sp³-hybridized carbons (Fsp3) is 0.100. The predicted octanol–water partition coefficient (Wildman–Crippen LogP) is 4.44. The minimum absolute atomic E-state index is 0.227. The van der Waals surface area contributed by atoms with Crippen LogP contribution in [-0.4, -0.2) is 23.5 Å². The van der Waals surface area contributed by atoms with Gasteiger partial charge in [-0.15, -0.1) is 11.3 Å². The van der Waals surface area contributed by atoms with E-state index in [2.05, 4.69) is 10.3 Å². The summed E-state index contributed by atoms with van der Waals surface area (Å²) in [4.78, 5) is 29.3. The second-order valence-corrected chi connectivity index (χ2v) is 7.32. The summed E-state index contributed by atoms with van der Waals surface area (Å²) in [6.07, 6.45) is 0. The summed E-state index contributed by atoms with van der Waals surface area (Å²) in [6.45, 7) is 1.34. The zero-order valence-corrected chi connectivity index (χ0v) is 16.3. The van der Waals surface area contributed by atoms with Crippen LogP contribution in [0.25, 0.3) is 11.3 Å². The molecule has 2 aromatic carbocycles. The Morgan fingerprint density at radius 3 is 2.68 bits per heavy atom. The van der Waals surface area contributed by atoms with Gasteiger partial charge in [0.15, 0.2) is 6.61 Å². The number of amides is 1. The molecule has 8 heteroatoms. The summed E-state index contributed by atoms with van der Waals surface area (Å²) in [5.41, 5.74) is 2.05. The zero-order valence-electron chi connectivity index (χ0n) is 14.7. The van der Waals surface area contributed by atoms with Gasteiger partial charge in [-0.1, -0.05) is 41.9 Å². The minimum Gasteiger partial charge on any atom is -0.451 e. The molecular formula is C20H14ClN3O3S. The molecule has 0 radical (unpaired) electrons. The Hall–Kier alpha value is -3.21. The van der Waals surface area contributed by atoms with E-state index in [9.17, 15) is 9.59 Å². The van der Waals surface area contributed by atoms with E-state index in [-0.39, 0.29) is 5.02 Å². The molecule has 140 valence electrons. The number of thiazole rings is 1. The molecule has 0 unspecified atom stereocenters. The van der Waals surface area contributed by atoms with Crippen LogP contribution < -0.4 is 5.32 Å². The first-order valence-corrected chi connectivity index (χ1v) is 9.37. The number of aromatic nitrogens is 1. The van der Waals surface area contributed by atoms with E-state index in [1.54, 1.807) is 13.0 Å². The fourth-order valence-electron chi connectivity index (χ4n) is 2.43. The third-order valence-corrected chi connectivity index (χ3v) is 4.94. The molecule has 0 saturated heterocycles. The molecule has 28 heavy (non-hydrogen) atoms. The van der Waals surface area contributed by atoms with Crippen LogP contribution >= 0.6 is 22.9 Å². The van der Waals surface area contributed by atoms with Gasteiger partial charge in [-0.25, -0.2) is 9.78 Å². The summed E-state index contributed by atoms with van der Waals surface area (Å²) in [6, 6.07) is 15.7. The quantitative estimate of drug-likeness (QED) is 0.626. The number of esters is 1. The molecule has 6 nitrogen and oxygen atoms in total. The fourth-order valence-corrected chi connectivity index (χ4v) is 3.49. The second kappa shape index (κ2) is 8.65. The first kappa shape index (κ1) is 19.5. The molecule has 0 aliphatic rings. The molecule has 1 N–H and O–H groups in total. The number of carbonyl (C=O) groups is 2. The average Bonchev–Trinajstić information content (AvgIpc) is 3.09. The minimum atomic E-state index is -0.613. The Bertz CT molecular complexity index is 1070. The van der Waals surface area contributed by atoms with Crippen LogP contribution in [0.1, 0.15) is 20.2 Å². The van der Waals surface area contributed by atoms with Crippen molar-refractivity contribution in [2.45, 2.75) is 6.92 Å². The van der Waals surface area contributed by atoms with Gasteiger partial charge in [-0.3, -0.25) is 4.79 Å². The van der Waals surface area contributed by atoms with E-state index in [1.165, 1.54) is 23.5 Å². The van der Waals surface area contributed by atoms with Gasteiger partial charge in [-0.05, 0) is 25.1 Å². The molecule has 0 aliphatic carbocycles. The van der Waals surface area contributed by atoms with Crippen molar-refractivity contribution in [1.82, 2.24) is 4.98 Å². The molecule has 0 spiro atoms. The zero-order chi connectivity index (χ0) is 20.1. The highest BCUT2D eigenvalue weighted by atomic mass is 35.5. The predicted molar refractivity (Wildman–Crippen MR) is 107 cm³/mol. The van der Waals surface area contributed by atoms with E-state index in [4.69, 9.17) is 21.6 Å². The Balaban J connectivity index is 1.65. The Labute approximate surface area is 170 Å². The van der Waals surface area contributed by atoms with Crippen LogP contribution in [0.2, 0.25) is 5.02 Å². The smallest absolute Gasteiger partial charge is 0.351 e. The molecule has 0 bridgehead atoms. The number of nitrogens with zero attached hydrogens (tertiary/aromatic N) is 2. The molecule has 3 rings (SSSR count). The molecule has 0 fully saturated rings. The Morgan fingerprint density at radius 1 is 1.25 bits per heavy atom. The lowest BCUT2D eigenvalue weighted by Gasteiger charge is -2.07. The van der Waals surface area contributed by atoms with E-state index in [0.29, 0.717) is 21.8 Å². The average molecular weight is 412 g/mol. The van der Waals surface area contributed by atoms with Gasteiger partial charge in [0.1, 0.15) is 10.9 Å². The number of hydrogen-bond donors (Lipinski definition) is 1. The van der Waals surface area contributed by atoms with Crippen LogP contribution in [-0.2, 0) is 9.53 Å². The van der Waals surface area contributed by atoms with Crippen molar-refractivity contribution < 1.29 is 14.3 Å². The number of aryl methyl sites for hydroxylation is 1. The number of nitriles is 1. The lowest BCUT2D eigenvalue weighted by molar-refractivity contribution is -0.119. The lowest BCUT2D eigenvalue weighted by Crippen LogP contribution is -2.20. The molecule has 0 saturated carbocycles. The first-order chi connectivity index (χ1) is 13.5. The van der Waals surface area contributed by atoms with Gasteiger partial charge >= 0.3 is 5.97 Å². The third kappa shape index (κ3) is 4.55. The first-order valence-electron chi connectivity index (χ1n) is 8.17. The number of ether oxygens (including phenoxy) is 1. The maximum atomic E-state index is 12.5. The molecular weight excluding hydrogens is 398 g/mol. The number of halogens is 1. The number of carbonyl (C=O) groups excluding carboxylic acids is 2. The van der Waals surface area contributed by atoms with E-state index in [1.807, 2.05) is 36.4 Å². The normalized spacial score (nSPS) is 10.2. The van der Waals surface area contributed by atoms with Gasteiger partial charge in [0, 0.05) is 11.3 Å². The monoisotopic (exact) mass is 411 g/mol. The summed E-state index contributed by atoms with van der Waals surface area (Å²) in [5, 5.41) is 12.4. The molecule has 3 aromatic rings. The van der Waals surface area contributed by atoms with Gasteiger partial charge in [-0.2, -0.15) is 5.26 Å². The standard InChI is InChI=1S/C20H14ClN3O3S/c1-12-23-18(13-5-3-2-4-6-13)19(28-12)20(26)27-11-17(25)24-15-8-7-14(10-22)16(21)9-15/h2-9H,11H2,1H3,(H,24,25). The Kier molecular flexibility index (Phi) is 6.04. The number of rotatable bonds is 5. The van der Waals surface area contributed by atoms with E-state index in [0.717, 1.165) is 10.6 Å². The van der Waals surface area contributed by atoms with Gasteiger partial charge in [0.05, 0.1) is 21.3 Å². The lowest BCUT2D eigenvalue weighted by atomic mass is 10.1. The summed E-state index contributed by atoms with van der Waals surface area (Å²) >= 11 is 7.15. The van der Waals surface area contributed by atoms with Crippen LogP contribution in [0.15, 0.2) is 48.5 Å².